The summed E-state index contributed by atoms with van der Waals surface area (Å²) in [6, 6.07) is 1.65. The summed E-state index contributed by atoms with van der Waals surface area (Å²) in [4.78, 5) is 11.6. The second kappa shape index (κ2) is 4.00. The molecule has 4 nitrogen and oxygen atoms in total. The van der Waals surface area contributed by atoms with Gasteiger partial charge in [0.05, 0.1) is 5.69 Å². The number of hydrogen-bond acceptors (Lipinski definition) is 2. The number of aromatic nitrogens is 1. The lowest BCUT2D eigenvalue weighted by Gasteiger charge is -2.04. The van der Waals surface area contributed by atoms with Crippen molar-refractivity contribution in [1.82, 2.24) is 9.88 Å². The lowest BCUT2D eigenvalue weighted by Crippen LogP contribution is -2.26. The first-order valence-electron chi connectivity index (χ1n) is 4.35. The van der Waals surface area contributed by atoms with E-state index in [1.807, 2.05) is 6.92 Å². The first kappa shape index (κ1) is 10.4. The second-order valence-electron chi connectivity index (χ2n) is 3.41. The van der Waals surface area contributed by atoms with Crippen LogP contribution in [0.2, 0.25) is 0 Å². The molecule has 0 spiro atoms. The smallest absolute Gasteiger partial charge is 0.268 e. The zero-order valence-electron chi connectivity index (χ0n) is 8.50. The number of nitrogens with one attached hydrogen (secondary N) is 1. The molecule has 76 valence electrons. The fraction of sp³-hybridized carbons (Fsp3) is 0.300. The second-order valence-corrected chi connectivity index (χ2v) is 3.41. The van der Waals surface area contributed by atoms with Gasteiger partial charge in [-0.1, -0.05) is 12.2 Å². The maximum absolute atomic E-state index is 11.6. The van der Waals surface area contributed by atoms with Gasteiger partial charge >= 0.3 is 0 Å². The number of anilines is 1. The van der Waals surface area contributed by atoms with Gasteiger partial charge in [0.15, 0.2) is 0 Å². The van der Waals surface area contributed by atoms with Crippen molar-refractivity contribution in [2.45, 2.75) is 6.92 Å². The SMILES string of the molecule is C=C(C)CNC(=O)c1cc(N)cn1C. The molecule has 0 radical (unpaired) electrons. The van der Waals surface area contributed by atoms with Crippen LogP contribution in [-0.2, 0) is 7.05 Å². The molecule has 0 fully saturated rings. The third kappa shape index (κ3) is 2.39. The molecule has 1 amide bonds. The van der Waals surface area contributed by atoms with Gasteiger partial charge in [0.25, 0.3) is 5.91 Å². The number of carbonyl (C=O) groups is 1. The van der Waals surface area contributed by atoms with Crippen molar-refractivity contribution in [3.63, 3.8) is 0 Å². The predicted octanol–water partition coefficient (Wildman–Crippen LogP) is 0.913. The predicted molar refractivity (Wildman–Crippen MR) is 57.0 cm³/mol. The van der Waals surface area contributed by atoms with Crippen LogP contribution in [0.4, 0.5) is 5.69 Å². The Kier molecular flexibility index (Phi) is 2.96. The van der Waals surface area contributed by atoms with Crippen LogP contribution in [0.15, 0.2) is 24.4 Å². The van der Waals surface area contributed by atoms with E-state index in [0.29, 0.717) is 17.9 Å². The molecule has 4 heteroatoms. The molecule has 3 N–H and O–H groups in total. The Morgan fingerprint density at radius 2 is 2.36 bits per heavy atom. The van der Waals surface area contributed by atoms with E-state index < -0.39 is 0 Å². The molecule has 0 aliphatic rings. The molecule has 0 atom stereocenters. The number of aryl methyl sites for hydroxylation is 1. The Balaban J connectivity index is 2.69. The van der Waals surface area contributed by atoms with Crippen LogP contribution >= 0.6 is 0 Å². The maximum Gasteiger partial charge on any atom is 0.268 e. The summed E-state index contributed by atoms with van der Waals surface area (Å²) in [6.07, 6.45) is 1.70. The molecule has 0 aromatic carbocycles. The van der Waals surface area contributed by atoms with Crippen molar-refractivity contribution in [2.24, 2.45) is 7.05 Å². The Hall–Kier alpha value is -1.71. The standard InChI is InChI=1S/C10H15N3O/c1-7(2)5-12-10(14)9-4-8(11)6-13(9)3/h4,6H,1,5,11H2,2-3H3,(H,12,14). The zero-order chi connectivity index (χ0) is 10.7. The third-order valence-electron chi connectivity index (χ3n) is 1.81. The molecule has 1 heterocycles. The number of carbonyl (C=O) groups excluding carboxylic acids is 1. The van der Waals surface area contributed by atoms with Crippen molar-refractivity contribution >= 4 is 11.6 Å². The van der Waals surface area contributed by atoms with Crippen LogP contribution in [0, 0.1) is 0 Å². The highest BCUT2D eigenvalue weighted by atomic mass is 16.1. The average molecular weight is 193 g/mol. The fourth-order valence-corrected chi connectivity index (χ4v) is 1.14. The maximum atomic E-state index is 11.6. The molecule has 0 saturated carbocycles. The number of nitrogens with zero attached hydrogens (tertiary/aromatic N) is 1. The topological polar surface area (TPSA) is 60.1 Å². The van der Waals surface area contributed by atoms with Crippen molar-refractivity contribution in [1.29, 1.82) is 0 Å². The molecule has 0 aliphatic heterocycles. The van der Waals surface area contributed by atoms with E-state index >= 15 is 0 Å². The third-order valence-corrected chi connectivity index (χ3v) is 1.81. The van der Waals surface area contributed by atoms with Gasteiger partial charge in [-0.25, -0.2) is 0 Å². The normalized spacial score (nSPS) is 9.86. The van der Waals surface area contributed by atoms with Gasteiger partial charge in [0, 0.05) is 19.8 Å². The van der Waals surface area contributed by atoms with Crippen LogP contribution in [-0.4, -0.2) is 17.0 Å². The summed E-state index contributed by atoms with van der Waals surface area (Å²) >= 11 is 0. The van der Waals surface area contributed by atoms with Crippen LogP contribution in [0.5, 0.6) is 0 Å². The van der Waals surface area contributed by atoms with E-state index in [-0.39, 0.29) is 5.91 Å². The molecular weight excluding hydrogens is 178 g/mol. The van der Waals surface area contributed by atoms with Crippen LogP contribution in [0.1, 0.15) is 17.4 Å². The van der Waals surface area contributed by atoms with Crippen LogP contribution < -0.4 is 11.1 Å². The molecule has 0 bridgehead atoms. The highest BCUT2D eigenvalue weighted by molar-refractivity contribution is 5.93. The first-order valence-corrected chi connectivity index (χ1v) is 4.35. The van der Waals surface area contributed by atoms with Gasteiger partial charge in [0.1, 0.15) is 5.69 Å². The molecular formula is C10H15N3O. The Morgan fingerprint density at radius 1 is 1.71 bits per heavy atom. The van der Waals surface area contributed by atoms with E-state index in [0.717, 1.165) is 5.57 Å². The molecule has 0 unspecified atom stereocenters. The number of nitrogen functional groups attached to an aromatic ring is 1. The number of hydrogen-bond donors (Lipinski definition) is 2. The lowest BCUT2D eigenvalue weighted by molar-refractivity contribution is 0.0949. The summed E-state index contributed by atoms with van der Waals surface area (Å²) in [6.45, 7) is 6.05. The Labute approximate surface area is 83.4 Å². The largest absolute Gasteiger partial charge is 0.397 e. The highest BCUT2D eigenvalue weighted by Gasteiger charge is 2.09. The van der Waals surface area contributed by atoms with Gasteiger partial charge in [-0.3, -0.25) is 4.79 Å². The summed E-state index contributed by atoms with van der Waals surface area (Å²) in [5.41, 5.74) is 7.62. The number of amides is 1. The van der Waals surface area contributed by atoms with E-state index in [2.05, 4.69) is 11.9 Å². The van der Waals surface area contributed by atoms with Crippen LogP contribution in [0.25, 0.3) is 0 Å². The quantitative estimate of drug-likeness (QED) is 0.701. The van der Waals surface area contributed by atoms with Crippen molar-refractivity contribution in [2.75, 3.05) is 12.3 Å². The highest BCUT2D eigenvalue weighted by Crippen LogP contribution is 2.08. The zero-order valence-corrected chi connectivity index (χ0v) is 8.50. The van der Waals surface area contributed by atoms with Gasteiger partial charge in [-0.2, -0.15) is 0 Å². The summed E-state index contributed by atoms with van der Waals surface area (Å²) < 4.78 is 1.70. The molecule has 1 aromatic heterocycles. The van der Waals surface area contributed by atoms with E-state index in [4.69, 9.17) is 5.73 Å². The van der Waals surface area contributed by atoms with Gasteiger partial charge < -0.3 is 15.6 Å². The number of nitrogens with two attached hydrogens (primary N) is 1. The minimum absolute atomic E-state index is 0.132. The Bertz CT molecular complexity index is 365. The molecule has 14 heavy (non-hydrogen) atoms. The number of rotatable bonds is 3. The summed E-state index contributed by atoms with van der Waals surface area (Å²) in [7, 11) is 1.78. The summed E-state index contributed by atoms with van der Waals surface area (Å²) in [5, 5.41) is 2.74. The van der Waals surface area contributed by atoms with Gasteiger partial charge in [-0.15, -0.1) is 0 Å². The van der Waals surface area contributed by atoms with Crippen molar-refractivity contribution < 1.29 is 4.79 Å². The van der Waals surface area contributed by atoms with Gasteiger partial charge in [-0.05, 0) is 13.0 Å². The van der Waals surface area contributed by atoms with E-state index in [1.54, 1.807) is 23.9 Å². The molecule has 1 rings (SSSR count). The van der Waals surface area contributed by atoms with Crippen molar-refractivity contribution in [3.8, 4) is 0 Å². The Morgan fingerprint density at radius 3 is 2.79 bits per heavy atom. The molecule has 0 aliphatic carbocycles. The van der Waals surface area contributed by atoms with E-state index in [9.17, 15) is 4.79 Å². The minimum atomic E-state index is -0.132. The monoisotopic (exact) mass is 193 g/mol. The fourth-order valence-electron chi connectivity index (χ4n) is 1.14. The summed E-state index contributed by atoms with van der Waals surface area (Å²) in [5.74, 6) is -0.132. The van der Waals surface area contributed by atoms with E-state index in [1.165, 1.54) is 0 Å². The molecule has 1 aromatic rings. The lowest BCUT2D eigenvalue weighted by atomic mass is 10.3. The minimum Gasteiger partial charge on any atom is -0.397 e. The average Bonchev–Trinajstić information content (AvgIpc) is 2.41. The van der Waals surface area contributed by atoms with Crippen LogP contribution in [0.3, 0.4) is 0 Å². The van der Waals surface area contributed by atoms with Gasteiger partial charge in [0.2, 0.25) is 0 Å². The van der Waals surface area contributed by atoms with Crippen molar-refractivity contribution in [3.05, 3.63) is 30.1 Å². The molecule has 0 saturated heterocycles. The first-order chi connectivity index (χ1) is 6.50.